The van der Waals surface area contributed by atoms with Crippen LogP contribution in [0, 0.1) is 0 Å². The number of benzene rings is 2. The van der Waals surface area contributed by atoms with Gasteiger partial charge in [0.1, 0.15) is 5.69 Å². The van der Waals surface area contributed by atoms with Crippen molar-refractivity contribution in [2.24, 2.45) is 10.7 Å². The van der Waals surface area contributed by atoms with Gasteiger partial charge in [0, 0.05) is 11.8 Å². The molecule has 0 aliphatic carbocycles. The number of amides is 1. The smallest absolute Gasteiger partial charge is 0.267 e. The molecule has 2 heterocycles. The molecule has 6 heteroatoms. The normalized spacial score (nSPS) is 10.8. The van der Waals surface area contributed by atoms with E-state index >= 15 is 0 Å². The van der Waals surface area contributed by atoms with E-state index in [1.165, 1.54) is 6.20 Å². The first kappa shape index (κ1) is 15.7. The highest BCUT2D eigenvalue weighted by Gasteiger charge is 2.15. The van der Waals surface area contributed by atoms with Gasteiger partial charge in [-0.25, -0.2) is 15.0 Å². The number of rotatable bonds is 4. The number of nitrogens with zero attached hydrogens (tertiary/aromatic N) is 4. The van der Waals surface area contributed by atoms with Gasteiger partial charge >= 0.3 is 0 Å². The van der Waals surface area contributed by atoms with E-state index < -0.39 is 5.91 Å². The molecule has 4 rings (SSSR count). The Morgan fingerprint density at radius 2 is 1.77 bits per heavy atom. The minimum Gasteiger partial charge on any atom is -0.364 e. The fraction of sp³-hybridized carbons (Fsp3) is 0. The molecule has 2 N–H and O–H groups in total. The standard InChI is InChI=1S/C20H15N5O/c1-22-19-20-24-16(12-25(20)17(11-23-19)18(21)26)15-9-5-8-14(10-15)13-6-3-2-4-7-13/h2-12H,1H2,(H2,21,26). The molecule has 0 spiro atoms. The van der Waals surface area contributed by atoms with Crippen LogP contribution in [0.3, 0.4) is 0 Å². The zero-order chi connectivity index (χ0) is 18.1. The maximum absolute atomic E-state index is 11.7. The van der Waals surface area contributed by atoms with E-state index in [1.54, 1.807) is 10.6 Å². The van der Waals surface area contributed by atoms with Gasteiger partial charge in [-0.05, 0) is 23.9 Å². The van der Waals surface area contributed by atoms with E-state index in [9.17, 15) is 4.79 Å². The number of primary amides is 1. The Balaban J connectivity index is 1.89. The van der Waals surface area contributed by atoms with Gasteiger partial charge in [0.25, 0.3) is 5.91 Å². The van der Waals surface area contributed by atoms with Gasteiger partial charge in [-0.1, -0.05) is 48.5 Å². The number of hydrogen-bond donors (Lipinski definition) is 1. The lowest BCUT2D eigenvalue weighted by Gasteiger charge is -2.03. The zero-order valence-electron chi connectivity index (χ0n) is 13.8. The molecule has 0 aliphatic heterocycles. The van der Waals surface area contributed by atoms with E-state index in [-0.39, 0.29) is 5.69 Å². The highest BCUT2D eigenvalue weighted by Crippen LogP contribution is 2.28. The van der Waals surface area contributed by atoms with Crippen molar-refractivity contribution in [2.45, 2.75) is 0 Å². The van der Waals surface area contributed by atoms with Crippen molar-refractivity contribution >= 4 is 24.1 Å². The van der Waals surface area contributed by atoms with Crippen molar-refractivity contribution in [3.05, 3.63) is 72.7 Å². The molecule has 0 aliphatic rings. The molecule has 0 atom stereocenters. The lowest BCUT2D eigenvalue weighted by molar-refractivity contribution is 0.0994. The second kappa shape index (κ2) is 6.25. The second-order valence-corrected chi connectivity index (χ2v) is 5.76. The quantitative estimate of drug-likeness (QED) is 0.577. The minimum absolute atomic E-state index is 0.241. The van der Waals surface area contributed by atoms with Gasteiger partial charge in [-0.2, -0.15) is 0 Å². The van der Waals surface area contributed by atoms with E-state index in [0.29, 0.717) is 17.2 Å². The molecule has 126 valence electrons. The summed E-state index contributed by atoms with van der Waals surface area (Å²) in [4.78, 5) is 24.3. The Hall–Kier alpha value is -3.80. The third kappa shape index (κ3) is 2.63. The number of carbonyl (C=O) groups is 1. The second-order valence-electron chi connectivity index (χ2n) is 5.76. The fourth-order valence-corrected chi connectivity index (χ4v) is 2.89. The van der Waals surface area contributed by atoms with Crippen LogP contribution >= 0.6 is 0 Å². The Morgan fingerprint density at radius 1 is 1.04 bits per heavy atom. The van der Waals surface area contributed by atoms with E-state index in [0.717, 1.165) is 16.7 Å². The first-order valence-electron chi connectivity index (χ1n) is 7.98. The maximum atomic E-state index is 11.7. The molecule has 0 saturated carbocycles. The molecule has 1 amide bonds. The number of aromatic nitrogens is 3. The number of imidazole rings is 1. The third-order valence-corrected chi connectivity index (χ3v) is 4.14. The number of carbonyl (C=O) groups excluding carboxylic acids is 1. The van der Waals surface area contributed by atoms with Crippen LogP contribution in [0.15, 0.2) is 72.0 Å². The van der Waals surface area contributed by atoms with Gasteiger partial charge in [-0.3, -0.25) is 9.20 Å². The van der Waals surface area contributed by atoms with Gasteiger partial charge in [0.2, 0.25) is 0 Å². The summed E-state index contributed by atoms with van der Waals surface area (Å²) in [6.07, 6.45) is 3.14. The molecule has 6 nitrogen and oxygen atoms in total. The predicted molar refractivity (Wildman–Crippen MR) is 102 cm³/mol. The Morgan fingerprint density at radius 3 is 2.50 bits per heavy atom. The van der Waals surface area contributed by atoms with Crippen molar-refractivity contribution in [1.82, 2.24) is 14.4 Å². The molecular formula is C20H15N5O. The molecule has 0 fully saturated rings. The Bertz CT molecular complexity index is 1130. The number of fused-ring (bicyclic) bond motifs is 1. The fourth-order valence-electron chi connectivity index (χ4n) is 2.89. The first-order chi connectivity index (χ1) is 12.7. The van der Waals surface area contributed by atoms with Crippen LogP contribution < -0.4 is 5.73 Å². The van der Waals surface area contributed by atoms with Crippen molar-refractivity contribution in [3.63, 3.8) is 0 Å². The molecule has 0 radical (unpaired) electrons. The number of nitrogens with two attached hydrogens (primary N) is 1. The summed E-state index contributed by atoms with van der Waals surface area (Å²) in [5.41, 5.74) is 9.94. The average molecular weight is 341 g/mol. The Kier molecular flexibility index (Phi) is 3.78. The van der Waals surface area contributed by atoms with Crippen LogP contribution in [0.5, 0.6) is 0 Å². The van der Waals surface area contributed by atoms with Crippen LogP contribution in [-0.2, 0) is 0 Å². The first-order valence-corrected chi connectivity index (χ1v) is 7.98. The molecule has 0 unspecified atom stereocenters. The van der Waals surface area contributed by atoms with Crippen LogP contribution in [0.25, 0.3) is 28.0 Å². The van der Waals surface area contributed by atoms with Crippen molar-refractivity contribution in [3.8, 4) is 22.4 Å². The highest BCUT2D eigenvalue weighted by molar-refractivity contribution is 5.92. The monoisotopic (exact) mass is 341 g/mol. The van der Waals surface area contributed by atoms with Gasteiger partial charge < -0.3 is 5.73 Å². The number of aliphatic imine (C=N–C) groups is 1. The topological polar surface area (TPSA) is 85.6 Å². The molecule has 0 bridgehead atoms. The van der Waals surface area contributed by atoms with Gasteiger partial charge in [0.05, 0.1) is 11.9 Å². The lowest BCUT2D eigenvalue weighted by atomic mass is 10.0. The van der Waals surface area contributed by atoms with Crippen LogP contribution in [-0.4, -0.2) is 27.0 Å². The van der Waals surface area contributed by atoms with E-state index in [4.69, 9.17) is 5.73 Å². The van der Waals surface area contributed by atoms with Crippen molar-refractivity contribution < 1.29 is 4.79 Å². The zero-order valence-corrected chi connectivity index (χ0v) is 13.8. The molecular weight excluding hydrogens is 326 g/mol. The molecule has 0 saturated heterocycles. The molecule has 4 aromatic rings. The van der Waals surface area contributed by atoms with Gasteiger partial charge in [-0.15, -0.1) is 0 Å². The van der Waals surface area contributed by atoms with Crippen molar-refractivity contribution in [1.29, 1.82) is 0 Å². The van der Waals surface area contributed by atoms with E-state index in [1.807, 2.05) is 36.4 Å². The summed E-state index contributed by atoms with van der Waals surface area (Å²) in [5.74, 6) is -0.236. The number of hydrogen-bond acceptors (Lipinski definition) is 4. The van der Waals surface area contributed by atoms with Gasteiger partial charge in [0.15, 0.2) is 11.5 Å². The molecule has 26 heavy (non-hydrogen) atoms. The largest absolute Gasteiger partial charge is 0.364 e. The maximum Gasteiger partial charge on any atom is 0.267 e. The summed E-state index contributed by atoms with van der Waals surface area (Å²) < 4.78 is 1.60. The molecule has 2 aromatic heterocycles. The Labute approximate surface area is 149 Å². The highest BCUT2D eigenvalue weighted by atomic mass is 16.1. The predicted octanol–water partition coefficient (Wildman–Crippen LogP) is 3.49. The average Bonchev–Trinajstić information content (AvgIpc) is 3.13. The summed E-state index contributed by atoms with van der Waals surface area (Å²) in [7, 11) is 0. The summed E-state index contributed by atoms with van der Waals surface area (Å²) >= 11 is 0. The summed E-state index contributed by atoms with van der Waals surface area (Å²) in [6, 6.07) is 18.1. The van der Waals surface area contributed by atoms with Crippen LogP contribution in [0.2, 0.25) is 0 Å². The summed E-state index contributed by atoms with van der Waals surface area (Å²) in [6.45, 7) is 3.51. The van der Waals surface area contributed by atoms with Crippen LogP contribution in [0.1, 0.15) is 10.5 Å². The third-order valence-electron chi connectivity index (χ3n) is 4.14. The summed E-state index contributed by atoms with van der Waals surface area (Å²) in [5, 5.41) is 0. The molecule has 2 aromatic carbocycles. The minimum atomic E-state index is -0.583. The van der Waals surface area contributed by atoms with Crippen molar-refractivity contribution in [2.75, 3.05) is 0 Å². The lowest BCUT2D eigenvalue weighted by Crippen LogP contribution is -2.15. The SMILES string of the molecule is C=Nc1ncc(C(N)=O)n2cc(-c3cccc(-c4ccccc4)c3)nc12. The van der Waals surface area contributed by atoms with E-state index in [2.05, 4.69) is 39.9 Å². The van der Waals surface area contributed by atoms with Crippen LogP contribution in [0.4, 0.5) is 5.82 Å².